The van der Waals surface area contributed by atoms with Gasteiger partial charge in [0.1, 0.15) is 0 Å². The van der Waals surface area contributed by atoms with Gasteiger partial charge in [0, 0.05) is 26.2 Å². The second-order valence-electron chi connectivity index (χ2n) is 2.73. The van der Waals surface area contributed by atoms with E-state index in [1.165, 1.54) is 13.0 Å². The average molecular weight is 223 g/mol. The molecule has 0 aromatic heterocycles. The highest BCUT2D eigenvalue weighted by Gasteiger charge is 1.99. The molecule has 0 atom stereocenters. The SMILES string of the molecule is C.C.C.C.CCCN(CCN)CCNC. The molecule has 0 unspecified atom stereocenters. The summed E-state index contributed by atoms with van der Waals surface area (Å²) in [6.07, 6.45) is 1.21. The van der Waals surface area contributed by atoms with Crippen molar-refractivity contribution in [2.45, 2.75) is 43.1 Å². The fourth-order valence-corrected chi connectivity index (χ4v) is 1.10. The predicted molar refractivity (Wildman–Crippen MR) is 76.6 cm³/mol. The van der Waals surface area contributed by atoms with E-state index in [-0.39, 0.29) is 29.7 Å². The molecule has 3 heteroatoms. The van der Waals surface area contributed by atoms with E-state index in [9.17, 15) is 0 Å². The van der Waals surface area contributed by atoms with Gasteiger partial charge in [0.2, 0.25) is 0 Å². The second-order valence-corrected chi connectivity index (χ2v) is 2.73. The average Bonchev–Trinajstić information content (AvgIpc) is 2.01. The number of rotatable bonds is 7. The zero-order chi connectivity index (χ0) is 8.53. The topological polar surface area (TPSA) is 41.3 Å². The van der Waals surface area contributed by atoms with Gasteiger partial charge >= 0.3 is 0 Å². The Balaban J connectivity index is -0.0000000833. The summed E-state index contributed by atoms with van der Waals surface area (Å²) >= 11 is 0. The molecule has 3 nitrogen and oxygen atoms in total. The molecule has 0 spiro atoms. The highest BCUT2D eigenvalue weighted by molar-refractivity contribution is 4.58. The zero-order valence-corrected chi connectivity index (χ0v) is 7.77. The fourth-order valence-electron chi connectivity index (χ4n) is 1.10. The van der Waals surface area contributed by atoms with Crippen LogP contribution in [0.5, 0.6) is 0 Å². The van der Waals surface area contributed by atoms with Crippen LogP contribution in [-0.4, -0.2) is 44.7 Å². The van der Waals surface area contributed by atoms with Crippen LogP contribution in [0.3, 0.4) is 0 Å². The molecule has 100 valence electrons. The molecule has 0 heterocycles. The molecule has 0 aliphatic rings. The van der Waals surface area contributed by atoms with Crippen molar-refractivity contribution in [3.05, 3.63) is 0 Å². The van der Waals surface area contributed by atoms with Crippen LogP contribution in [0.4, 0.5) is 0 Å². The number of hydrogen-bond donors (Lipinski definition) is 2. The van der Waals surface area contributed by atoms with E-state index in [0.717, 1.165) is 26.2 Å². The fraction of sp³-hybridized carbons (Fsp3) is 1.00. The van der Waals surface area contributed by atoms with Crippen LogP contribution in [-0.2, 0) is 0 Å². The number of likely N-dealkylation sites (N-methyl/N-ethyl adjacent to an activating group) is 1. The quantitative estimate of drug-likeness (QED) is 0.696. The van der Waals surface area contributed by atoms with Gasteiger partial charge < -0.3 is 16.0 Å². The Bertz CT molecular complexity index is 71.3. The third kappa shape index (κ3) is 20.1. The van der Waals surface area contributed by atoms with Crippen molar-refractivity contribution in [1.29, 1.82) is 0 Å². The molecule has 0 saturated heterocycles. The van der Waals surface area contributed by atoms with Crippen LogP contribution in [0.1, 0.15) is 43.1 Å². The van der Waals surface area contributed by atoms with Crippen molar-refractivity contribution in [2.75, 3.05) is 39.8 Å². The Hall–Kier alpha value is -0.120. The van der Waals surface area contributed by atoms with Crippen molar-refractivity contribution in [3.8, 4) is 0 Å². The number of hydrogen-bond acceptors (Lipinski definition) is 3. The lowest BCUT2D eigenvalue weighted by Crippen LogP contribution is -2.35. The molecule has 0 aromatic rings. The van der Waals surface area contributed by atoms with E-state index in [4.69, 9.17) is 5.73 Å². The standard InChI is InChI=1S/C8H21N3.4CH4/c1-3-6-11(7-4-9)8-5-10-2;;;;/h10H,3-9H2,1-2H3;4*1H4. The van der Waals surface area contributed by atoms with Crippen molar-refractivity contribution >= 4 is 0 Å². The Labute approximate surface area is 99.4 Å². The maximum Gasteiger partial charge on any atom is 0.0107 e. The molecule has 0 rings (SSSR count). The molecule has 0 aromatic carbocycles. The predicted octanol–water partition coefficient (Wildman–Crippen LogP) is 2.42. The molecular weight excluding hydrogens is 186 g/mol. The van der Waals surface area contributed by atoms with E-state index in [2.05, 4.69) is 17.1 Å². The van der Waals surface area contributed by atoms with Gasteiger partial charge in [-0.05, 0) is 20.0 Å². The van der Waals surface area contributed by atoms with Crippen LogP contribution in [0.15, 0.2) is 0 Å². The van der Waals surface area contributed by atoms with Gasteiger partial charge in [-0.1, -0.05) is 36.6 Å². The third-order valence-electron chi connectivity index (χ3n) is 1.66. The smallest absolute Gasteiger partial charge is 0.0107 e. The van der Waals surface area contributed by atoms with Crippen LogP contribution in [0.2, 0.25) is 0 Å². The molecule has 0 aliphatic carbocycles. The zero-order valence-electron chi connectivity index (χ0n) is 7.77. The lowest BCUT2D eigenvalue weighted by molar-refractivity contribution is 0.283. The first-order valence-corrected chi connectivity index (χ1v) is 4.42. The van der Waals surface area contributed by atoms with E-state index in [1.807, 2.05) is 7.05 Å². The van der Waals surface area contributed by atoms with E-state index < -0.39 is 0 Å². The lowest BCUT2D eigenvalue weighted by Gasteiger charge is -2.20. The van der Waals surface area contributed by atoms with E-state index >= 15 is 0 Å². The summed E-state index contributed by atoms with van der Waals surface area (Å²) in [6.45, 7) is 7.32. The first kappa shape index (κ1) is 29.4. The highest BCUT2D eigenvalue weighted by Crippen LogP contribution is 1.88. The lowest BCUT2D eigenvalue weighted by atomic mass is 10.4. The monoisotopic (exact) mass is 223 g/mol. The highest BCUT2D eigenvalue weighted by atomic mass is 15.1. The van der Waals surface area contributed by atoms with Crippen LogP contribution in [0, 0.1) is 0 Å². The minimum atomic E-state index is 0. The van der Waals surface area contributed by atoms with Gasteiger partial charge in [-0.3, -0.25) is 0 Å². The van der Waals surface area contributed by atoms with Crippen LogP contribution >= 0.6 is 0 Å². The Kier molecular flexibility index (Phi) is 46.2. The van der Waals surface area contributed by atoms with E-state index in [0.29, 0.717) is 0 Å². The van der Waals surface area contributed by atoms with Crippen molar-refractivity contribution in [2.24, 2.45) is 5.73 Å². The van der Waals surface area contributed by atoms with Crippen molar-refractivity contribution < 1.29 is 0 Å². The summed E-state index contributed by atoms with van der Waals surface area (Å²) in [7, 11) is 1.98. The summed E-state index contributed by atoms with van der Waals surface area (Å²) in [4.78, 5) is 2.39. The Morgan fingerprint density at radius 2 is 1.53 bits per heavy atom. The summed E-state index contributed by atoms with van der Waals surface area (Å²) in [5.74, 6) is 0. The molecule has 0 radical (unpaired) electrons. The molecular formula is C12H37N3. The third-order valence-corrected chi connectivity index (χ3v) is 1.66. The minimum Gasteiger partial charge on any atom is -0.329 e. The van der Waals surface area contributed by atoms with Crippen molar-refractivity contribution in [3.63, 3.8) is 0 Å². The van der Waals surface area contributed by atoms with Gasteiger partial charge in [0.25, 0.3) is 0 Å². The molecule has 15 heavy (non-hydrogen) atoms. The van der Waals surface area contributed by atoms with E-state index in [1.54, 1.807) is 0 Å². The maximum absolute atomic E-state index is 5.47. The molecule has 0 amide bonds. The first-order chi connectivity index (χ1) is 5.35. The Morgan fingerprint density at radius 3 is 1.87 bits per heavy atom. The Morgan fingerprint density at radius 1 is 1.00 bits per heavy atom. The summed E-state index contributed by atoms with van der Waals surface area (Å²) in [6, 6.07) is 0. The van der Waals surface area contributed by atoms with Gasteiger partial charge in [-0.25, -0.2) is 0 Å². The minimum absolute atomic E-state index is 0. The molecule has 0 fully saturated rings. The molecule has 3 N–H and O–H groups in total. The van der Waals surface area contributed by atoms with Gasteiger partial charge in [0.15, 0.2) is 0 Å². The molecule has 0 bridgehead atoms. The van der Waals surface area contributed by atoms with Gasteiger partial charge in [-0.2, -0.15) is 0 Å². The summed E-state index contributed by atoms with van der Waals surface area (Å²) in [5.41, 5.74) is 5.47. The number of nitrogens with zero attached hydrogens (tertiary/aromatic N) is 1. The maximum atomic E-state index is 5.47. The normalized spacial score (nSPS) is 8.00. The molecule has 0 aliphatic heterocycles. The van der Waals surface area contributed by atoms with Gasteiger partial charge in [-0.15, -0.1) is 0 Å². The summed E-state index contributed by atoms with van der Waals surface area (Å²) < 4.78 is 0. The molecule has 0 saturated carbocycles. The number of nitrogens with two attached hydrogens (primary N) is 1. The second kappa shape index (κ2) is 23.6. The summed E-state index contributed by atoms with van der Waals surface area (Å²) in [5, 5.41) is 3.13. The van der Waals surface area contributed by atoms with Crippen LogP contribution < -0.4 is 11.1 Å². The first-order valence-electron chi connectivity index (χ1n) is 4.42. The largest absolute Gasteiger partial charge is 0.329 e. The van der Waals surface area contributed by atoms with Crippen molar-refractivity contribution in [1.82, 2.24) is 10.2 Å². The number of nitrogens with one attached hydrogen (secondary N) is 1. The van der Waals surface area contributed by atoms with Crippen LogP contribution in [0.25, 0.3) is 0 Å². The van der Waals surface area contributed by atoms with Gasteiger partial charge in [0.05, 0.1) is 0 Å².